The van der Waals surface area contributed by atoms with Crippen molar-refractivity contribution in [2.24, 2.45) is 0 Å². The molecule has 0 radical (unpaired) electrons. The number of rotatable bonds is 6. The van der Waals surface area contributed by atoms with Crippen LogP contribution in [0.5, 0.6) is 0 Å². The Hall–Kier alpha value is -3.20. The Morgan fingerprint density at radius 1 is 1.21 bits per heavy atom. The van der Waals surface area contributed by atoms with Crippen molar-refractivity contribution >= 4 is 29.0 Å². The Balaban J connectivity index is 1.73. The number of H-pyrrole nitrogens is 1. The van der Waals surface area contributed by atoms with E-state index in [2.05, 4.69) is 20.5 Å². The lowest BCUT2D eigenvalue weighted by atomic mass is 10.1. The third-order valence-electron chi connectivity index (χ3n) is 4.40. The van der Waals surface area contributed by atoms with E-state index in [1.165, 1.54) is 17.8 Å². The molecular weight excluding hydrogens is 390 g/mol. The highest BCUT2D eigenvalue weighted by molar-refractivity contribution is 8.00. The number of nitrogens with zero attached hydrogens (tertiary/aromatic N) is 3. The Morgan fingerprint density at radius 3 is 2.52 bits per heavy atom. The van der Waals surface area contributed by atoms with E-state index in [0.717, 1.165) is 22.4 Å². The maximum Gasteiger partial charge on any atom is 0.280 e. The summed E-state index contributed by atoms with van der Waals surface area (Å²) in [4.78, 5) is 27.7. The number of nitro benzene ring substituents is 1. The van der Waals surface area contributed by atoms with Crippen LogP contribution >= 0.6 is 11.8 Å². The topological polar surface area (TPSA) is 114 Å². The summed E-state index contributed by atoms with van der Waals surface area (Å²) in [5.41, 5.74) is 4.25. The summed E-state index contributed by atoms with van der Waals surface area (Å²) in [6.07, 6.45) is 0. The molecule has 0 saturated carbocycles. The van der Waals surface area contributed by atoms with Crippen LogP contribution in [-0.2, 0) is 4.79 Å². The van der Waals surface area contributed by atoms with Gasteiger partial charge >= 0.3 is 0 Å². The Morgan fingerprint density at radius 2 is 1.86 bits per heavy atom. The van der Waals surface area contributed by atoms with Gasteiger partial charge in [-0.2, -0.15) is 0 Å². The van der Waals surface area contributed by atoms with Crippen molar-refractivity contribution in [1.29, 1.82) is 0 Å². The lowest BCUT2D eigenvalue weighted by Crippen LogP contribution is -2.23. The van der Waals surface area contributed by atoms with E-state index < -0.39 is 10.2 Å². The summed E-state index contributed by atoms with van der Waals surface area (Å²) < 4.78 is 0. The molecule has 1 aromatic heterocycles. The molecule has 8 nitrogen and oxygen atoms in total. The van der Waals surface area contributed by atoms with Crippen LogP contribution in [-0.4, -0.2) is 31.3 Å². The maximum absolute atomic E-state index is 12.6. The van der Waals surface area contributed by atoms with Gasteiger partial charge in [-0.05, 0) is 44.9 Å². The number of amides is 1. The summed E-state index contributed by atoms with van der Waals surface area (Å²) in [6, 6.07) is 10.3. The molecule has 3 rings (SSSR count). The average Bonchev–Trinajstić information content (AvgIpc) is 3.12. The Labute approximate surface area is 172 Å². The second-order valence-electron chi connectivity index (χ2n) is 6.76. The number of thioether (sulfide) groups is 1. The highest BCUT2D eigenvalue weighted by Crippen LogP contribution is 2.29. The van der Waals surface area contributed by atoms with Crippen LogP contribution < -0.4 is 5.32 Å². The quantitative estimate of drug-likeness (QED) is 0.352. The van der Waals surface area contributed by atoms with E-state index in [1.807, 2.05) is 32.9 Å². The standard InChI is InChI=1S/C20H21N5O3S/c1-11-9-12(2)17(13(3)10-11)21-19(26)14(4)29-20-22-18(23-24-20)15-7-5-6-8-16(15)25(27)28/h5-10,14H,1-4H3,(H,21,26)(H,22,23,24)/t14-/m1/s1. The number of benzene rings is 2. The second-order valence-corrected chi connectivity index (χ2v) is 8.07. The molecule has 3 aromatic rings. The first-order valence-electron chi connectivity index (χ1n) is 8.98. The predicted octanol–water partition coefficient (Wildman–Crippen LogP) is 4.42. The van der Waals surface area contributed by atoms with Crippen LogP contribution in [0.1, 0.15) is 23.6 Å². The van der Waals surface area contributed by atoms with Crippen LogP contribution in [0.25, 0.3) is 11.4 Å². The number of nitrogens with one attached hydrogen (secondary N) is 2. The zero-order valence-corrected chi connectivity index (χ0v) is 17.3. The number of carbonyl (C=O) groups excluding carboxylic acids is 1. The highest BCUT2D eigenvalue weighted by atomic mass is 32.2. The van der Waals surface area contributed by atoms with Crippen molar-refractivity contribution in [2.45, 2.75) is 38.1 Å². The van der Waals surface area contributed by atoms with Crippen molar-refractivity contribution < 1.29 is 9.72 Å². The molecule has 1 amide bonds. The number of hydrogen-bond acceptors (Lipinski definition) is 6. The molecule has 0 fully saturated rings. The van der Waals surface area contributed by atoms with Crippen LogP contribution in [0.3, 0.4) is 0 Å². The van der Waals surface area contributed by atoms with E-state index in [1.54, 1.807) is 25.1 Å². The van der Waals surface area contributed by atoms with Crippen molar-refractivity contribution in [2.75, 3.05) is 5.32 Å². The van der Waals surface area contributed by atoms with Crippen molar-refractivity contribution in [3.8, 4) is 11.4 Å². The first-order valence-corrected chi connectivity index (χ1v) is 9.85. The molecule has 2 N–H and O–H groups in total. The SMILES string of the molecule is Cc1cc(C)c(NC(=O)[C@@H](C)Sc2n[nH]c(-c3ccccc3[N+](=O)[O-])n2)c(C)c1. The smallest absolute Gasteiger partial charge is 0.280 e. The zero-order valence-electron chi connectivity index (χ0n) is 16.5. The lowest BCUT2D eigenvalue weighted by Gasteiger charge is -2.15. The monoisotopic (exact) mass is 411 g/mol. The molecule has 0 bridgehead atoms. The van der Waals surface area contributed by atoms with Crippen LogP contribution in [0.15, 0.2) is 41.6 Å². The van der Waals surface area contributed by atoms with Gasteiger partial charge < -0.3 is 5.32 Å². The van der Waals surface area contributed by atoms with E-state index in [0.29, 0.717) is 10.7 Å². The van der Waals surface area contributed by atoms with Gasteiger partial charge in [0.2, 0.25) is 11.1 Å². The molecule has 0 saturated heterocycles. The largest absolute Gasteiger partial charge is 0.325 e. The van der Waals surface area contributed by atoms with Gasteiger partial charge in [0.1, 0.15) is 0 Å². The van der Waals surface area contributed by atoms with E-state index in [4.69, 9.17) is 0 Å². The third kappa shape index (κ3) is 4.62. The minimum absolute atomic E-state index is 0.0590. The van der Waals surface area contributed by atoms with Crippen LogP contribution in [0, 0.1) is 30.9 Å². The number of anilines is 1. The van der Waals surface area contributed by atoms with Crippen LogP contribution in [0.4, 0.5) is 11.4 Å². The minimum atomic E-state index is -0.465. The Bertz CT molecular complexity index is 1060. The molecule has 1 heterocycles. The molecule has 29 heavy (non-hydrogen) atoms. The fourth-order valence-electron chi connectivity index (χ4n) is 3.07. The normalized spacial score (nSPS) is 11.9. The molecule has 2 aromatic carbocycles. The molecule has 1 atom stereocenters. The molecule has 0 spiro atoms. The first-order chi connectivity index (χ1) is 13.8. The number of hydrogen-bond donors (Lipinski definition) is 2. The van der Waals surface area contributed by atoms with Gasteiger partial charge in [0.25, 0.3) is 5.69 Å². The van der Waals surface area contributed by atoms with E-state index in [-0.39, 0.29) is 17.4 Å². The molecule has 0 aliphatic carbocycles. The fraction of sp³-hybridized carbons (Fsp3) is 0.250. The maximum atomic E-state index is 12.6. The van der Waals surface area contributed by atoms with Gasteiger partial charge in [-0.3, -0.25) is 20.0 Å². The van der Waals surface area contributed by atoms with Gasteiger partial charge in [-0.1, -0.05) is 41.6 Å². The molecular formula is C20H21N5O3S. The number of aromatic nitrogens is 3. The van der Waals surface area contributed by atoms with Gasteiger partial charge in [-0.25, -0.2) is 4.98 Å². The van der Waals surface area contributed by atoms with Crippen LogP contribution in [0.2, 0.25) is 0 Å². The molecule has 9 heteroatoms. The minimum Gasteiger partial charge on any atom is -0.325 e. The lowest BCUT2D eigenvalue weighted by molar-refractivity contribution is -0.384. The zero-order chi connectivity index (χ0) is 21.1. The average molecular weight is 411 g/mol. The van der Waals surface area contributed by atoms with E-state index in [9.17, 15) is 14.9 Å². The number of nitro groups is 1. The van der Waals surface area contributed by atoms with Gasteiger partial charge in [0.15, 0.2) is 5.82 Å². The highest BCUT2D eigenvalue weighted by Gasteiger charge is 2.21. The molecule has 150 valence electrons. The number of aryl methyl sites for hydroxylation is 3. The summed E-state index contributed by atoms with van der Waals surface area (Å²) in [5, 5.41) is 20.9. The predicted molar refractivity (Wildman–Crippen MR) is 113 cm³/mol. The molecule has 0 unspecified atom stereocenters. The van der Waals surface area contributed by atoms with Gasteiger partial charge in [0, 0.05) is 11.8 Å². The number of carbonyl (C=O) groups is 1. The molecule has 0 aliphatic heterocycles. The van der Waals surface area contributed by atoms with Crippen molar-refractivity contribution in [3.05, 3.63) is 63.2 Å². The summed E-state index contributed by atoms with van der Waals surface area (Å²) in [7, 11) is 0. The summed E-state index contributed by atoms with van der Waals surface area (Å²) >= 11 is 1.18. The Kier molecular flexibility index (Phi) is 5.97. The number of aromatic amines is 1. The molecule has 0 aliphatic rings. The number of para-hydroxylation sites is 1. The van der Waals surface area contributed by atoms with Gasteiger partial charge in [-0.15, -0.1) is 5.10 Å². The van der Waals surface area contributed by atoms with E-state index >= 15 is 0 Å². The summed E-state index contributed by atoms with van der Waals surface area (Å²) in [5.74, 6) is 0.125. The first kappa shape index (κ1) is 20.5. The van der Waals surface area contributed by atoms with Crippen molar-refractivity contribution in [1.82, 2.24) is 15.2 Å². The fourth-order valence-corrected chi connectivity index (χ4v) is 3.79. The van der Waals surface area contributed by atoms with Crippen molar-refractivity contribution in [3.63, 3.8) is 0 Å². The summed E-state index contributed by atoms with van der Waals surface area (Å²) in [6.45, 7) is 7.70. The van der Waals surface area contributed by atoms with Gasteiger partial charge in [0.05, 0.1) is 15.7 Å². The second kappa shape index (κ2) is 8.44. The third-order valence-corrected chi connectivity index (χ3v) is 5.36.